The van der Waals surface area contributed by atoms with Gasteiger partial charge in [0.1, 0.15) is 0 Å². The Morgan fingerprint density at radius 2 is 1.19 bits per heavy atom. The van der Waals surface area contributed by atoms with E-state index in [1.807, 2.05) is 0 Å². The fourth-order valence-corrected chi connectivity index (χ4v) is 5.22. The van der Waals surface area contributed by atoms with E-state index in [1.165, 1.54) is 32.7 Å². The van der Waals surface area contributed by atoms with Gasteiger partial charge >= 0.3 is 0 Å². The molecule has 7 rings (SSSR count). The van der Waals surface area contributed by atoms with Crippen LogP contribution in [0.15, 0.2) is 102 Å². The zero-order valence-electron chi connectivity index (χ0n) is 17.1. The average molecular weight is 473 g/mol. The van der Waals surface area contributed by atoms with E-state index in [0.717, 1.165) is 37.3 Å². The highest BCUT2D eigenvalue weighted by molar-refractivity contribution is 9.10. The first-order chi connectivity index (χ1) is 15.8. The highest BCUT2D eigenvalue weighted by atomic mass is 79.9. The van der Waals surface area contributed by atoms with Crippen molar-refractivity contribution in [2.45, 2.75) is 0 Å². The minimum absolute atomic E-state index is 1.02. The van der Waals surface area contributed by atoms with E-state index in [1.54, 1.807) is 0 Å². The van der Waals surface area contributed by atoms with E-state index in [-0.39, 0.29) is 0 Å². The summed E-state index contributed by atoms with van der Waals surface area (Å²) in [7, 11) is 0. The van der Waals surface area contributed by atoms with Crippen LogP contribution in [-0.2, 0) is 0 Å². The van der Waals surface area contributed by atoms with E-state index in [0.29, 0.717) is 0 Å². The molecule has 1 N–H and O–H groups in total. The predicted molar refractivity (Wildman–Crippen MR) is 139 cm³/mol. The summed E-state index contributed by atoms with van der Waals surface area (Å²) < 4.78 is 1.07. The summed E-state index contributed by atoms with van der Waals surface area (Å²) in [5.41, 5.74) is 6.67. The van der Waals surface area contributed by atoms with Crippen molar-refractivity contribution in [2.24, 2.45) is 0 Å². The van der Waals surface area contributed by atoms with Crippen molar-refractivity contribution in [2.75, 3.05) is 0 Å². The molecule has 0 atom stereocenters. The molecule has 0 unspecified atom stereocenters. The number of nitrogens with one attached hydrogen (secondary N) is 1. The molecule has 0 radical (unpaired) electrons. The molecule has 0 saturated heterocycles. The molecule has 32 heavy (non-hydrogen) atoms. The number of H-pyrrole nitrogens is 1. The number of hydrogen-bond acceptors (Lipinski definition) is 1. The summed E-state index contributed by atoms with van der Waals surface area (Å²) >= 11 is 3.59. The first-order valence-electron chi connectivity index (χ1n) is 10.7. The topological polar surface area (TPSA) is 28.7 Å². The van der Waals surface area contributed by atoms with Crippen molar-refractivity contribution < 1.29 is 0 Å². The van der Waals surface area contributed by atoms with Crippen LogP contribution in [0.2, 0.25) is 0 Å². The van der Waals surface area contributed by atoms with Gasteiger partial charge in [-0.05, 0) is 34.5 Å². The fraction of sp³-hybridized carbons (Fsp3) is 0. The summed E-state index contributed by atoms with van der Waals surface area (Å²) in [5, 5.41) is 7.16. The van der Waals surface area contributed by atoms with Gasteiger partial charge in [-0.2, -0.15) is 0 Å². The van der Waals surface area contributed by atoms with Crippen LogP contribution in [0.25, 0.3) is 65.5 Å². The maximum Gasteiger partial charge on any atom is 0.0972 e. The third kappa shape index (κ3) is 2.49. The first-order valence-corrected chi connectivity index (χ1v) is 11.5. The van der Waals surface area contributed by atoms with E-state index in [4.69, 9.17) is 4.98 Å². The molecule has 0 spiro atoms. The number of aromatic nitrogens is 2. The summed E-state index contributed by atoms with van der Waals surface area (Å²) in [6.45, 7) is 0. The lowest BCUT2D eigenvalue weighted by molar-refractivity contribution is 1.50. The second-order valence-corrected chi connectivity index (χ2v) is 9.15. The van der Waals surface area contributed by atoms with Gasteiger partial charge in [-0.25, -0.2) is 4.98 Å². The zero-order chi connectivity index (χ0) is 21.2. The van der Waals surface area contributed by atoms with Crippen LogP contribution in [-0.4, -0.2) is 9.97 Å². The maximum absolute atomic E-state index is 5.26. The van der Waals surface area contributed by atoms with Crippen molar-refractivity contribution in [3.05, 3.63) is 102 Å². The lowest BCUT2D eigenvalue weighted by Gasteiger charge is -2.11. The molecule has 0 fully saturated rings. The van der Waals surface area contributed by atoms with Gasteiger partial charge in [0.15, 0.2) is 0 Å². The summed E-state index contributed by atoms with van der Waals surface area (Å²) in [5.74, 6) is 0. The quantitative estimate of drug-likeness (QED) is 0.238. The Balaban J connectivity index is 1.75. The number of halogens is 1. The molecular weight excluding hydrogens is 456 g/mol. The Labute approximate surface area is 192 Å². The molecule has 0 aliphatic rings. The predicted octanol–water partition coefficient (Wildman–Crippen LogP) is 8.61. The standard InChI is InChI=1S/C29H17BrN2/c30-20-13-9-19(10-14-20)25-23-15-11-17-5-1-3-7-21(17)26(23)31-28-24-16-12-18-6-2-4-8-22(18)27(24)32-29(25)28/h1-16,32H. The van der Waals surface area contributed by atoms with Crippen LogP contribution in [0, 0.1) is 0 Å². The summed E-state index contributed by atoms with van der Waals surface area (Å²) in [6.07, 6.45) is 0. The van der Waals surface area contributed by atoms with Crippen LogP contribution in [0.1, 0.15) is 0 Å². The Kier molecular flexibility index (Phi) is 3.73. The Hall–Kier alpha value is -3.69. The molecule has 0 bridgehead atoms. The molecular formula is C29H17BrN2. The molecule has 3 heteroatoms. The summed E-state index contributed by atoms with van der Waals surface area (Å²) in [4.78, 5) is 9.03. The Morgan fingerprint density at radius 1 is 0.531 bits per heavy atom. The van der Waals surface area contributed by atoms with E-state index in [2.05, 4.69) is 118 Å². The zero-order valence-corrected chi connectivity index (χ0v) is 18.6. The molecule has 2 nitrogen and oxygen atoms in total. The van der Waals surface area contributed by atoms with Crippen molar-refractivity contribution >= 4 is 70.3 Å². The second-order valence-electron chi connectivity index (χ2n) is 8.23. The van der Waals surface area contributed by atoms with Gasteiger partial charge in [-0.1, -0.05) is 94.8 Å². The lowest BCUT2D eigenvalue weighted by Crippen LogP contribution is -1.89. The fourth-order valence-electron chi connectivity index (χ4n) is 4.96. The van der Waals surface area contributed by atoms with Gasteiger partial charge < -0.3 is 4.98 Å². The Morgan fingerprint density at radius 3 is 1.97 bits per heavy atom. The number of nitrogens with zero attached hydrogens (tertiary/aromatic N) is 1. The second kappa shape index (κ2) is 6.65. The molecule has 5 aromatic carbocycles. The van der Waals surface area contributed by atoms with Gasteiger partial charge in [0, 0.05) is 31.6 Å². The van der Waals surface area contributed by atoms with E-state index < -0.39 is 0 Å². The van der Waals surface area contributed by atoms with Crippen LogP contribution in [0.4, 0.5) is 0 Å². The number of benzene rings is 5. The van der Waals surface area contributed by atoms with Gasteiger partial charge in [-0.3, -0.25) is 0 Å². The number of pyridine rings is 1. The lowest BCUT2D eigenvalue weighted by atomic mass is 9.96. The largest absolute Gasteiger partial charge is 0.352 e. The molecule has 2 heterocycles. The number of hydrogen-bond donors (Lipinski definition) is 1. The van der Waals surface area contributed by atoms with Gasteiger partial charge in [0.2, 0.25) is 0 Å². The molecule has 150 valence electrons. The van der Waals surface area contributed by atoms with Crippen LogP contribution < -0.4 is 0 Å². The molecule has 0 aliphatic heterocycles. The van der Waals surface area contributed by atoms with Crippen molar-refractivity contribution in [3.8, 4) is 11.1 Å². The first kappa shape index (κ1) is 17.9. The van der Waals surface area contributed by atoms with Gasteiger partial charge in [0.25, 0.3) is 0 Å². The minimum atomic E-state index is 1.02. The summed E-state index contributed by atoms with van der Waals surface area (Å²) in [6, 6.07) is 34.4. The smallest absolute Gasteiger partial charge is 0.0972 e. The number of aromatic amines is 1. The molecule has 0 saturated carbocycles. The maximum atomic E-state index is 5.26. The third-order valence-corrected chi connectivity index (χ3v) is 6.98. The normalized spacial score (nSPS) is 11.9. The molecule has 7 aromatic rings. The minimum Gasteiger partial charge on any atom is -0.352 e. The van der Waals surface area contributed by atoms with Gasteiger partial charge in [-0.15, -0.1) is 0 Å². The number of fused-ring (bicyclic) bond motifs is 8. The monoisotopic (exact) mass is 472 g/mol. The van der Waals surface area contributed by atoms with Crippen LogP contribution in [0.5, 0.6) is 0 Å². The molecule has 2 aromatic heterocycles. The average Bonchev–Trinajstić information content (AvgIpc) is 3.22. The molecule has 0 aliphatic carbocycles. The van der Waals surface area contributed by atoms with Crippen LogP contribution in [0.3, 0.4) is 0 Å². The van der Waals surface area contributed by atoms with Gasteiger partial charge in [0.05, 0.1) is 22.1 Å². The number of rotatable bonds is 1. The Bertz CT molecular complexity index is 1830. The third-order valence-electron chi connectivity index (χ3n) is 6.45. The van der Waals surface area contributed by atoms with Crippen molar-refractivity contribution in [3.63, 3.8) is 0 Å². The van der Waals surface area contributed by atoms with Crippen LogP contribution >= 0.6 is 15.9 Å². The molecule has 0 amide bonds. The highest BCUT2D eigenvalue weighted by Crippen LogP contribution is 2.41. The van der Waals surface area contributed by atoms with Crippen molar-refractivity contribution in [1.82, 2.24) is 9.97 Å². The SMILES string of the molecule is Brc1ccc(-c2c3ccc4ccccc4c3nc3c2[nH]c2c4ccccc4ccc32)cc1. The van der Waals surface area contributed by atoms with E-state index >= 15 is 0 Å². The van der Waals surface area contributed by atoms with Crippen molar-refractivity contribution in [1.29, 1.82) is 0 Å². The highest BCUT2D eigenvalue weighted by Gasteiger charge is 2.18. The van der Waals surface area contributed by atoms with E-state index in [9.17, 15) is 0 Å².